The van der Waals surface area contributed by atoms with E-state index in [1.165, 1.54) is 12.1 Å². The molecule has 2 aromatic rings. The third-order valence-electron chi connectivity index (χ3n) is 3.60. The Kier molecular flexibility index (Phi) is 4.41. The minimum atomic E-state index is -0.274. The van der Waals surface area contributed by atoms with Crippen LogP contribution in [0.1, 0.15) is 27.0 Å². The molecule has 0 amide bonds. The molecule has 2 nitrogen and oxygen atoms in total. The number of benzene rings is 2. The molecule has 0 radical (unpaired) electrons. The second-order valence-corrected chi connectivity index (χ2v) is 5.53. The topological polar surface area (TPSA) is 20.3 Å². The van der Waals surface area contributed by atoms with Crippen LogP contribution in [0.2, 0.25) is 0 Å². The van der Waals surface area contributed by atoms with Crippen molar-refractivity contribution in [3.8, 4) is 0 Å². The van der Waals surface area contributed by atoms with E-state index < -0.39 is 0 Å². The molecule has 21 heavy (non-hydrogen) atoms. The van der Waals surface area contributed by atoms with Crippen molar-refractivity contribution >= 4 is 11.5 Å². The quantitative estimate of drug-likeness (QED) is 0.789. The third kappa shape index (κ3) is 3.48. The van der Waals surface area contributed by atoms with Gasteiger partial charge in [-0.2, -0.15) is 0 Å². The molecular formula is C18H20FNO. The van der Waals surface area contributed by atoms with Gasteiger partial charge in [0.2, 0.25) is 0 Å². The second kappa shape index (κ2) is 6.08. The minimum absolute atomic E-state index is 0.0804. The van der Waals surface area contributed by atoms with Crippen LogP contribution in [0.4, 0.5) is 10.1 Å². The number of anilines is 1. The summed E-state index contributed by atoms with van der Waals surface area (Å²) >= 11 is 0. The first-order valence-electron chi connectivity index (χ1n) is 6.96. The SMILES string of the molecule is Cc1cc(C)c(C(=O)CN(C)c2ccc(F)cc2)c(C)c1. The van der Waals surface area contributed by atoms with Crippen LogP contribution in [0.5, 0.6) is 0 Å². The summed E-state index contributed by atoms with van der Waals surface area (Å²) in [5, 5.41) is 0. The van der Waals surface area contributed by atoms with Gasteiger partial charge in [0.15, 0.2) is 5.78 Å². The van der Waals surface area contributed by atoms with E-state index in [0.29, 0.717) is 0 Å². The average molecular weight is 285 g/mol. The maximum atomic E-state index is 12.9. The van der Waals surface area contributed by atoms with Gasteiger partial charge < -0.3 is 4.90 Å². The first-order chi connectivity index (χ1) is 9.88. The molecule has 2 rings (SSSR count). The summed E-state index contributed by atoms with van der Waals surface area (Å²) in [6.45, 7) is 6.23. The van der Waals surface area contributed by atoms with Crippen molar-refractivity contribution in [1.82, 2.24) is 0 Å². The number of nitrogens with zero attached hydrogens (tertiary/aromatic N) is 1. The molecule has 0 fully saturated rings. The van der Waals surface area contributed by atoms with E-state index in [1.807, 2.05) is 44.9 Å². The lowest BCUT2D eigenvalue weighted by molar-refractivity contribution is 0.0999. The molecule has 0 atom stereocenters. The van der Waals surface area contributed by atoms with Gasteiger partial charge in [-0.05, 0) is 56.2 Å². The summed E-state index contributed by atoms with van der Waals surface area (Å²) < 4.78 is 12.9. The van der Waals surface area contributed by atoms with Crippen molar-refractivity contribution in [2.24, 2.45) is 0 Å². The number of aryl methyl sites for hydroxylation is 3. The highest BCUT2D eigenvalue weighted by molar-refractivity contribution is 6.01. The van der Waals surface area contributed by atoms with Crippen LogP contribution >= 0.6 is 0 Å². The molecule has 3 heteroatoms. The van der Waals surface area contributed by atoms with Crippen molar-refractivity contribution in [2.75, 3.05) is 18.5 Å². The molecule has 0 bridgehead atoms. The van der Waals surface area contributed by atoms with E-state index in [2.05, 4.69) is 0 Å². The average Bonchev–Trinajstić information content (AvgIpc) is 2.37. The van der Waals surface area contributed by atoms with E-state index in [9.17, 15) is 9.18 Å². The van der Waals surface area contributed by atoms with Gasteiger partial charge in [-0.25, -0.2) is 4.39 Å². The highest BCUT2D eigenvalue weighted by Gasteiger charge is 2.15. The fourth-order valence-corrected chi connectivity index (χ4v) is 2.70. The Morgan fingerprint density at radius 2 is 1.57 bits per heavy atom. The predicted molar refractivity (Wildman–Crippen MR) is 84.7 cm³/mol. The van der Waals surface area contributed by atoms with Gasteiger partial charge in [0, 0.05) is 18.3 Å². The van der Waals surface area contributed by atoms with Crippen LogP contribution in [-0.4, -0.2) is 19.4 Å². The maximum absolute atomic E-state index is 12.9. The number of ketones is 1. The molecule has 0 aromatic heterocycles. The molecular weight excluding hydrogens is 265 g/mol. The number of halogens is 1. The first-order valence-corrected chi connectivity index (χ1v) is 6.96. The number of carbonyl (C=O) groups excluding carboxylic acids is 1. The Labute approximate surface area is 125 Å². The highest BCUT2D eigenvalue weighted by Crippen LogP contribution is 2.19. The van der Waals surface area contributed by atoms with E-state index in [0.717, 1.165) is 27.9 Å². The third-order valence-corrected chi connectivity index (χ3v) is 3.60. The number of Topliss-reactive ketones (excluding diaryl/α,β-unsaturated/α-hetero) is 1. The number of hydrogen-bond acceptors (Lipinski definition) is 2. The zero-order chi connectivity index (χ0) is 15.6. The molecule has 0 unspecified atom stereocenters. The fraction of sp³-hybridized carbons (Fsp3) is 0.278. The van der Waals surface area contributed by atoms with E-state index in [4.69, 9.17) is 0 Å². The normalized spacial score (nSPS) is 10.5. The smallest absolute Gasteiger partial charge is 0.182 e. The van der Waals surface area contributed by atoms with Crippen LogP contribution in [0, 0.1) is 26.6 Å². The Balaban J connectivity index is 2.20. The molecule has 0 aliphatic heterocycles. The summed E-state index contributed by atoms with van der Waals surface area (Å²) in [5.74, 6) is -0.194. The van der Waals surface area contributed by atoms with E-state index in [-0.39, 0.29) is 18.1 Å². The van der Waals surface area contributed by atoms with Gasteiger partial charge in [0.05, 0.1) is 6.54 Å². The Hall–Kier alpha value is -2.16. The van der Waals surface area contributed by atoms with Crippen LogP contribution in [0.3, 0.4) is 0 Å². The second-order valence-electron chi connectivity index (χ2n) is 5.53. The Morgan fingerprint density at radius 1 is 1.05 bits per heavy atom. The van der Waals surface area contributed by atoms with Crippen LogP contribution in [0.25, 0.3) is 0 Å². The van der Waals surface area contributed by atoms with Gasteiger partial charge >= 0.3 is 0 Å². The summed E-state index contributed by atoms with van der Waals surface area (Å²) in [6, 6.07) is 10.2. The van der Waals surface area contributed by atoms with Gasteiger partial charge in [-0.1, -0.05) is 17.7 Å². The lowest BCUT2D eigenvalue weighted by atomic mass is 9.96. The minimum Gasteiger partial charge on any atom is -0.367 e. The van der Waals surface area contributed by atoms with Crippen molar-refractivity contribution in [3.63, 3.8) is 0 Å². The molecule has 0 N–H and O–H groups in total. The molecule has 2 aromatic carbocycles. The molecule has 0 heterocycles. The summed E-state index contributed by atoms with van der Waals surface area (Å²) in [5.41, 5.74) is 4.78. The number of likely N-dealkylation sites (N-methyl/N-ethyl adjacent to an activating group) is 1. The van der Waals surface area contributed by atoms with Gasteiger partial charge in [-0.3, -0.25) is 4.79 Å². The lowest BCUT2D eigenvalue weighted by Crippen LogP contribution is -2.26. The van der Waals surface area contributed by atoms with Gasteiger partial charge in [-0.15, -0.1) is 0 Å². The number of carbonyl (C=O) groups is 1. The zero-order valence-corrected chi connectivity index (χ0v) is 12.9. The van der Waals surface area contributed by atoms with Crippen molar-refractivity contribution in [3.05, 3.63) is 64.5 Å². The maximum Gasteiger partial charge on any atom is 0.182 e. The molecule has 110 valence electrons. The first kappa shape index (κ1) is 15.2. The molecule has 0 saturated carbocycles. The number of rotatable bonds is 4. The van der Waals surface area contributed by atoms with Crippen molar-refractivity contribution in [1.29, 1.82) is 0 Å². The standard InChI is InChI=1S/C18H20FNO/c1-12-9-13(2)18(14(3)10-12)17(21)11-20(4)16-7-5-15(19)6-8-16/h5-10H,11H2,1-4H3. The van der Waals surface area contributed by atoms with E-state index in [1.54, 1.807) is 12.1 Å². The largest absolute Gasteiger partial charge is 0.367 e. The zero-order valence-electron chi connectivity index (χ0n) is 12.9. The van der Waals surface area contributed by atoms with Gasteiger partial charge in [0.25, 0.3) is 0 Å². The fourth-order valence-electron chi connectivity index (χ4n) is 2.70. The summed E-state index contributed by atoms with van der Waals surface area (Å²) in [4.78, 5) is 14.4. The van der Waals surface area contributed by atoms with Gasteiger partial charge in [0.1, 0.15) is 5.82 Å². The monoisotopic (exact) mass is 285 g/mol. The molecule has 0 aliphatic carbocycles. The molecule has 0 aliphatic rings. The van der Waals surface area contributed by atoms with E-state index >= 15 is 0 Å². The highest BCUT2D eigenvalue weighted by atomic mass is 19.1. The molecule has 0 spiro atoms. The predicted octanol–water partition coefficient (Wildman–Crippen LogP) is 4.07. The summed E-state index contributed by atoms with van der Waals surface area (Å²) in [7, 11) is 1.84. The van der Waals surface area contributed by atoms with Crippen LogP contribution in [0.15, 0.2) is 36.4 Å². The summed E-state index contributed by atoms with van der Waals surface area (Å²) in [6.07, 6.45) is 0. The number of hydrogen-bond donors (Lipinski definition) is 0. The Bertz CT molecular complexity index is 638. The van der Waals surface area contributed by atoms with Crippen molar-refractivity contribution in [2.45, 2.75) is 20.8 Å². The van der Waals surface area contributed by atoms with Crippen molar-refractivity contribution < 1.29 is 9.18 Å². The van der Waals surface area contributed by atoms with Crippen LogP contribution < -0.4 is 4.90 Å². The Morgan fingerprint density at radius 3 is 2.10 bits per heavy atom. The molecule has 0 saturated heterocycles. The lowest BCUT2D eigenvalue weighted by Gasteiger charge is -2.20. The van der Waals surface area contributed by atoms with Crippen LogP contribution in [-0.2, 0) is 0 Å².